The van der Waals surface area contributed by atoms with E-state index in [1.54, 1.807) is 24.3 Å². The van der Waals surface area contributed by atoms with Crippen LogP contribution in [0, 0.1) is 34.1 Å². The van der Waals surface area contributed by atoms with Crippen LogP contribution in [0.5, 0.6) is 11.5 Å². The largest absolute Gasteiger partial charge is 0.450 e. The highest BCUT2D eigenvalue weighted by Gasteiger charge is 2.21. The molecule has 12 nitrogen and oxygen atoms in total. The highest BCUT2D eigenvalue weighted by atomic mass is 32.2. The van der Waals surface area contributed by atoms with Crippen LogP contribution in [0.1, 0.15) is 17.0 Å². The van der Waals surface area contributed by atoms with Crippen molar-refractivity contribution in [1.82, 2.24) is 15.4 Å². The molecule has 174 valence electrons. The zero-order valence-electron chi connectivity index (χ0n) is 18.0. The zero-order chi connectivity index (χ0) is 24.7. The first-order chi connectivity index (χ1) is 16.2. The number of hydrogen-bond acceptors (Lipinski definition) is 10. The topological polar surface area (TPSA) is 163 Å². The molecule has 0 aliphatic carbocycles. The second-order valence-electron chi connectivity index (χ2n) is 6.85. The maximum Gasteiger partial charge on any atom is 0.318 e. The van der Waals surface area contributed by atoms with Crippen molar-refractivity contribution in [2.75, 3.05) is 5.75 Å². The molecule has 0 aliphatic rings. The minimum atomic E-state index is -0.753. The molecule has 0 unspecified atom stereocenters. The van der Waals surface area contributed by atoms with Crippen molar-refractivity contribution in [2.45, 2.75) is 19.0 Å². The molecule has 0 atom stereocenters. The molecule has 1 aromatic heterocycles. The SMILES string of the molecule is Cc1cc(C)nc(SCC(=O)N/N=C\c2ccc(Oc3ccc([N+](=O)[O-])cc3[N+](=O)[O-])cc2)n1. The van der Waals surface area contributed by atoms with Gasteiger partial charge in [-0.25, -0.2) is 15.4 Å². The van der Waals surface area contributed by atoms with Crippen LogP contribution < -0.4 is 10.2 Å². The quantitative estimate of drug-likeness (QED) is 0.156. The number of rotatable bonds is 9. The number of hydrogen-bond donors (Lipinski definition) is 1. The fraction of sp³-hybridized carbons (Fsp3) is 0.143. The van der Waals surface area contributed by atoms with Crippen LogP contribution in [-0.2, 0) is 4.79 Å². The number of ether oxygens (including phenoxy) is 1. The summed E-state index contributed by atoms with van der Waals surface area (Å²) in [6.07, 6.45) is 1.42. The standard InChI is InChI=1S/C21H18N6O6S/c1-13-9-14(2)24-21(23-13)34-12-20(28)25-22-11-15-3-6-17(7-4-15)33-19-8-5-16(26(29)30)10-18(19)27(31)32/h3-11H,12H2,1-2H3,(H,25,28)/b22-11-. The van der Waals surface area contributed by atoms with Gasteiger partial charge in [-0.15, -0.1) is 0 Å². The van der Waals surface area contributed by atoms with Gasteiger partial charge in [0.2, 0.25) is 5.75 Å². The number of nitro benzene ring substituents is 2. The highest BCUT2D eigenvalue weighted by molar-refractivity contribution is 7.99. The van der Waals surface area contributed by atoms with E-state index in [2.05, 4.69) is 20.5 Å². The van der Waals surface area contributed by atoms with E-state index in [1.165, 1.54) is 24.0 Å². The molecule has 0 saturated carbocycles. The number of nitro groups is 2. The number of aryl methyl sites for hydroxylation is 2. The molecule has 1 heterocycles. The summed E-state index contributed by atoms with van der Waals surface area (Å²) < 4.78 is 5.50. The Hall–Kier alpha value is -4.39. The molecule has 2 aromatic carbocycles. The summed E-state index contributed by atoms with van der Waals surface area (Å²) in [5.41, 5.74) is 3.76. The molecular weight excluding hydrogens is 464 g/mol. The lowest BCUT2D eigenvalue weighted by atomic mass is 10.2. The van der Waals surface area contributed by atoms with Gasteiger partial charge in [0.1, 0.15) is 5.75 Å². The van der Waals surface area contributed by atoms with E-state index in [0.29, 0.717) is 10.7 Å². The first-order valence-electron chi connectivity index (χ1n) is 9.69. The lowest BCUT2D eigenvalue weighted by Crippen LogP contribution is -2.19. The molecule has 0 aliphatic heterocycles. The van der Waals surface area contributed by atoms with E-state index >= 15 is 0 Å². The van der Waals surface area contributed by atoms with Gasteiger partial charge in [0.25, 0.3) is 11.6 Å². The number of non-ortho nitro benzene ring substituents is 1. The molecule has 0 fully saturated rings. The minimum absolute atomic E-state index is 0.0982. The van der Waals surface area contributed by atoms with Gasteiger partial charge in [-0.1, -0.05) is 11.8 Å². The van der Waals surface area contributed by atoms with Crippen molar-refractivity contribution in [1.29, 1.82) is 0 Å². The van der Waals surface area contributed by atoms with E-state index in [9.17, 15) is 25.0 Å². The number of carbonyl (C=O) groups is 1. The molecule has 0 spiro atoms. The second kappa shape index (κ2) is 11.0. The van der Waals surface area contributed by atoms with Gasteiger partial charge in [0.15, 0.2) is 5.16 Å². The van der Waals surface area contributed by atoms with Crippen LogP contribution in [0.15, 0.2) is 58.8 Å². The van der Waals surface area contributed by atoms with Crippen molar-refractivity contribution in [3.05, 3.63) is 85.7 Å². The molecule has 0 radical (unpaired) electrons. The van der Waals surface area contributed by atoms with Crippen LogP contribution in [0.3, 0.4) is 0 Å². The van der Waals surface area contributed by atoms with E-state index in [4.69, 9.17) is 4.74 Å². The van der Waals surface area contributed by atoms with Crippen LogP contribution in [-0.4, -0.2) is 37.7 Å². The zero-order valence-corrected chi connectivity index (χ0v) is 18.8. The number of hydrazone groups is 1. The van der Waals surface area contributed by atoms with E-state index in [1.807, 2.05) is 19.9 Å². The molecule has 1 N–H and O–H groups in total. The van der Waals surface area contributed by atoms with Crippen LogP contribution in [0.2, 0.25) is 0 Å². The lowest BCUT2D eigenvalue weighted by Gasteiger charge is -2.06. The maximum atomic E-state index is 12.0. The van der Waals surface area contributed by atoms with E-state index < -0.39 is 21.2 Å². The Morgan fingerprint density at radius 1 is 1.06 bits per heavy atom. The first kappa shape index (κ1) is 24.3. The monoisotopic (exact) mass is 482 g/mol. The van der Waals surface area contributed by atoms with Crippen molar-refractivity contribution in [3.8, 4) is 11.5 Å². The van der Waals surface area contributed by atoms with Crippen LogP contribution in [0.4, 0.5) is 11.4 Å². The smallest absolute Gasteiger partial charge is 0.318 e. The van der Waals surface area contributed by atoms with Gasteiger partial charge < -0.3 is 4.74 Å². The van der Waals surface area contributed by atoms with Crippen molar-refractivity contribution in [3.63, 3.8) is 0 Å². The van der Waals surface area contributed by atoms with Gasteiger partial charge in [-0.05, 0) is 55.8 Å². The van der Waals surface area contributed by atoms with Crippen molar-refractivity contribution >= 4 is 35.3 Å². The normalized spacial score (nSPS) is 10.8. The Balaban J connectivity index is 1.56. The fourth-order valence-corrected chi connectivity index (χ4v) is 3.44. The van der Waals surface area contributed by atoms with Gasteiger partial charge >= 0.3 is 5.69 Å². The number of nitrogens with zero attached hydrogens (tertiary/aromatic N) is 5. The summed E-state index contributed by atoms with van der Waals surface area (Å²) in [6.45, 7) is 3.71. The van der Waals surface area contributed by atoms with Crippen LogP contribution in [0.25, 0.3) is 0 Å². The van der Waals surface area contributed by atoms with E-state index in [0.717, 1.165) is 23.5 Å². The Morgan fingerprint density at radius 3 is 2.35 bits per heavy atom. The van der Waals surface area contributed by atoms with Gasteiger partial charge in [0.05, 0.1) is 27.9 Å². The van der Waals surface area contributed by atoms with E-state index in [-0.39, 0.29) is 23.2 Å². The molecule has 3 rings (SSSR count). The highest BCUT2D eigenvalue weighted by Crippen LogP contribution is 2.34. The second-order valence-corrected chi connectivity index (χ2v) is 7.79. The molecule has 34 heavy (non-hydrogen) atoms. The Morgan fingerprint density at radius 2 is 1.74 bits per heavy atom. The Labute approximate surface area is 197 Å². The third kappa shape index (κ3) is 6.80. The number of carbonyl (C=O) groups excluding carboxylic acids is 1. The molecule has 0 saturated heterocycles. The molecule has 0 bridgehead atoms. The maximum absolute atomic E-state index is 12.0. The third-order valence-electron chi connectivity index (χ3n) is 4.15. The third-order valence-corrected chi connectivity index (χ3v) is 5.00. The fourth-order valence-electron chi connectivity index (χ4n) is 2.70. The average Bonchev–Trinajstić information content (AvgIpc) is 2.78. The summed E-state index contributed by atoms with van der Waals surface area (Å²) in [6, 6.07) is 11.3. The summed E-state index contributed by atoms with van der Waals surface area (Å²) in [5, 5.41) is 26.5. The number of benzene rings is 2. The van der Waals surface area contributed by atoms with Crippen molar-refractivity contribution in [2.24, 2.45) is 5.10 Å². The number of nitrogens with one attached hydrogen (secondary N) is 1. The van der Waals surface area contributed by atoms with Crippen LogP contribution >= 0.6 is 11.8 Å². The lowest BCUT2D eigenvalue weighted by molar-refractivity contribution is -0.394. The van der Waals surface area contributed by atoms with Gasteiger partial charge in [-0.2, -0.15) is 5.10 Å². The van der Waals surface area contributed by atoms with Gasteiger partial charge in [0, 0.05) is 17.5 Å². The first-order valence-corrected chi connectivity index (χ1v) is 10.7. The summed E-state index contributed by atoms with van der Waals surface area (Å²) in [7, 11) is 0. The van der Waals surface area contributed by atoms with Crippen molar-refractivity contribution < 1.29 is 19.4 Å². The molecular formula is C21H18N6O6S. The number of amides is 1. The Bertz CT molecular complexity index is 1240. The minimum Gasteiger partial charge on any atom is -0.450 e. The van der Waals surface area contributed by atoms with Gasteiger partial charge in [-0.3, -0.25) is 25.0 Å². The number of aromatic nitrogens is 2. The molecule has 13 heteroatoms. The summed E-state index contributed by atoms with van der Waals surface area (Å²) in [4.78, 5) is 41.0. The number of thioether (sulfide) groups is 1. The summed E-state index contributed by atoms with van der Waals surface area (Å²) in [5.74, 6) is -0.0758. The molecule has 3 aromatic rings. The summed E-state index contributed by atoms with van der Waals surface area (Å²) >= 11 is 1.20. The predicted molar refractivity (Wildman–Crippen MR) is 124 cm³/mol. The predicted octanol–water partition coefficient (Wildman–Crippen LogP) is 3.94. The average molecular weight is 482 g/mol. The molecule has 1 amide bonds. The Kier molecular flexibility index (Phi) is 7.82.